The minimum absolute atomic E-state index is 0.102. The number of carbonyl (C=O) groups is 2. The van der Waals surface area contributed by atoms with Crippen LogP contribution in [0.5, 0.6) is 5.75 Å². The van der Waals surface area contributed by atoms with E-state index >= 15 is 0 Å². The Balaban J connectivity index is 1.58. The van der Waals surface area contributed by atoms with Crippen molar-refractivity contribution >= 4 is 17.6 Å². The van der Waals surface area contributed by atoms with Gasteiger partial charge in [0.2, 0.25) is 5.91 Å². The molecule has 154 valence electrons. The van der Waals surface area contributed by atoms with E-state index in [4.69, 9.17) is 10.00 Å². The molecule has 2 aromatic carbocycles. The molecule has 0 aliphatic carbocycles. The van der Waals surface area contributed by atoms with Gasteiger partial charge in [0.15, 0.2) is 0 Å². The fourth-order valence-electron chi connectivity index (χ4n) is 3.82. The molecule has 1 unspecified atom stereocenters. The zero-order chi connectivity index (χ0) is 21.3. The summed E-state index contributed by atoms with van der Waals surface area (Å²) < 4.78 is 33.2. The number of urea groups is 1. The van der Waals surface area contributed by atoms with Crippen LogP contribution >= 0.6 is 0 Å². The zero-order valence-electron chi connectivity index (χ0n) is 15.8. The summed E-state index contributed by atoms with van der Waals surface area (Å²) in [6.07, 6.45) is 0.633. The number of amides is 3. The average Bonchev–Trinajstić information content (AvgIpc) is 3.28. The van der Waals surface area contributed by atoms with Crippen molar-refractivity contribution < 1.29 is 23.1 Å². The molecule has 1 saturated heterocycles. The van der Waals surface area contributed by atoms with Gasteiger partial charge in [-0.2, -0.15) is 5.26 Å². The molecule has 7 nitrogen and oxygen atoms in total. The van der Waals surface area contributed by atoms with Gasteiger partial charge < -0.3 is 20.3 Å². The number of benzene rings is 2. The first-order valence-electron chi connectivity index (χ1n) is 9.40. The van der Waals surface area contributed by atoms with Crippen molar-refractivity contribution in [2.24, 2.45) is 0 Å². The number of anilines is 1. The van der Waals surface area contributed by atoms with Gasteiger partial charge in [-0.25, -0.2) is 13.6 Å². The maximum absolute atomic E-state index is 14.8. The number of rotatable bonds is 4. The first-order chi connectivity index (χ1) is 14.5. The Bertz CT molecular complexity index is 1040. The number of nitrogens with zero attached hydrogens (tertiary/aromatic N) is 2. The Labute approximate surface area is 171 Å². The van der Waals surface area contributed by atoms with E-state index in [1.54, 1.807) is 6.07 Å². The van der Waals surface area contributed by atoms with E-state index in [0.717, 1.165) is 5.56 Å². The lowest BCUT2D eigenvalue weighted by Gasteiger charge is -2.20. The van der Waals surface area contributed by atoms with Crippen LogP contribution in [-0.2, 0) is 11.2 Å². The molecule has 0 radical (unpaired) electrons. The van der Waals surface area contributed by atoms with Gasteiger partial charge in [0.1, 0.15) is 30.0 Å². The number of ether oxygens (including phenoxy) is 1. The molecule has 2 aromatic rings. The van der Waals surface area contributed by atoms with Gasteiger partial charge in [0.25, 0.3) is 0 Å². The van der Waals surface area contributed by atoms with E-state index in [1.807, 2.05) is 6.07 Å². The molecule has 30 heavy (non-hydrogen) atoms. The summed E-state index contributed by atoms with van der Waals surface area (Å²) in [6.45, 7) is 0.400. The minimum atomic E-state index is -1.05. The number of carbonyl (C=O) groups excluding carboxylic acids is 2. The normalized spacial score (nSPS) is 19.8. The lowest BCUT2D eigenvalue weighted by molar-refractivity contribution is -0.128. The van der Waals surface area contributed by atoms with Crippen molar-refractivity contribution in [2.75, 3.05) is 25.0 Å². The summed E-state index contributed by atoms with van der Waals surface area (Å²) in [7, 11) is 0. The number of nitriles is 1. The van der Waals surface area contributed by atoms with Crippen molar-refractivity contribution in [3.8, 4) is 11.8 Å². The molecule has 2 aliphatic heterocycles. The van der Waals surface area contributed by atoms with Crippen molar-refractivity contribution in [1.82, 2.24) is 10.2 Å². The van der Waals surface area contributed by atoms with E-state index in [1.165, 1.54) is 35.2 Å². The molecule has 0 spiro atoms. The Morgan fingerprint density at radius 3 is 2.77 bits per heavy atom. The Morgan fingerprint density at radius 2 is 2.03 bits per heavy atom. The molecule has 9 heteroatoms. The highest BCUT2D eigenvalue weighted by atomic mass is 19.1. The third-order valence-electron chi connectivity index (χ3n) is 5.26. The van der Waals surface area contributed by atoms with Crippen LogP contribution in [0.2, 0.25) is 0 Å². The van der Waals surface area contributed by atoms with Crippen LogP contribution in [0, 0.1) is 23.0 Å². The van der Waals surface area contributed by atoms with Crippen LogP contribution in [0.15, 0.2) is 36.4 Å². The van der Waals surface area contributed by atoms with Gasteiger partial charge in [-0.15, -0.1) is 0 Å². The Hall–Kier alpha value is -3.67. The zero-order valence-corrected chi connectivity index (χ0v) is 15.8. The average molecular weight is 412 g/mol. The summed E-state index contributed by atoms with van der Waals surface area (Å²) in [6, 6.07) is 8.28. The molecule has 2 heterocycles. The second-order valence-corrected chi connectivity index (χ2v) is 7.15. The van der Waals surface area contributed by atoms with Crippen molar-refractivity contribution in [3.05, 3.63) is 59.2 Å². The molecule has 2 atom stereocenters. The van der Waals surface area contributed by atoms with Crippen molar-refractivity contribution in [3.63, 3.8) is 0 Å². The molecular formula is C21H18F2N4O3. The largest absolute Gasteiger partial charge is 0.493 e. The minimum Gasteiger partial charge on any atom is -0.493 e. The molecule has 1 fully saturated rings. The third-order valence-corrected chi connectivity index (χ3v) is 5.26. The molecule has 4 rings (SSSR count). The number of hydrogen-bond donors (Lipinski definition) is 2. The Kier molecular flexibility index (Phi) is 5.23. The lowest BCUT2D eigenvalue weighted by atomic mass is 9.91. The third kappa shape index (κ3) is 3.76. The van der Waals surface area contributed by atoms with Gasteiger partial charge in [0.05, 0.1) is 12.7 Å². The van der Waals surface area contributed by atoms with Gasteiger partial charge >= 0.3 is 6.03 Å². The molecule has 3 amide bonds. The second kappa shape index (κ2) is 7.99. The number of nitrogens with one attached hydrogen (secondary N) is 2. The van der Waals surface area contributed by atoms with Gasteiger partial charge in [-0.3, -0.25) is 4.79 Å². The van der Waals surface area contributed by atoms with E-state index in [9.17, 15) is 18.4 Å². The smallest absolute Gasteiger partial charge is 0.319 e. The topological polar surface area (TPSA) is 94.5 Å². The molecular weight excluding hydrogens is 394 g/mol. The van der Waals surface area contributed by atoms with E-state index in [0.29, 0.717) is 30.0 Å². The molecule has 2 N–H and O–H groups in total. The summed E-state index contributed by atoms with van der Waals surface area (Å²) in [5.41, 5.74) is 1.47. The standard InChI is InChI=1S/C21H18F2N4O3/c22-13-1-3-14(4-2-13)25-21(29)26-19-16(11-27(7-6-24)20(19)28)15-9-12-5-8-30-18(12)10-17(15)23/h1-4,9-10,16,19H,5,7-8,11H2,(H2,25,26,29)/t16-,19?/m0/s1. The highest BCUT2D eigenvalue weighted by Gasteiger charge is 2.43. The predicted molar refractivity (Wildman–Crippen MR) is 103 cm³/mol. The predicted octanol–water partition coefficient (Wildman–Crippen LogP) is 2.54. The van der Waals surface area contributed by atoms with Crippen molar-refractivity contribution in [1.29, 1.82) is 5.26 Å². The van der Waals surface area contributed by atoms with Crippen LogP contribution in [0.3, 0.4) is 0 Å². The Morgan fingerprint density at radius 1 is 1.27 bits per heavy atom. The first kappa shape index (κ1) is 19.6. The van der Waals surface area contributed by atoms with E-state index in [-0.39, 0.29) is 13.1 Å². The SMILES string of the molecule is N#CCN1C[C@@H](c2cc3c(cc2F)OCC3)C(NC(=O)Nc2ccc(F)cc2)C1=O. The quantitative estimate of drug-likeness (QED) is 0.755. The fourth-order valence-corrected chi connectivity index (χ4v) is 3.82. The molecule has 0 aromatic heterocycles. The first-order valence-corrected chi connectivity index (χ1v) is 9.40. The summed E-state index contributed by atoms with van der Waals surface area (Å²) in [5.74, 6) is -1.64. The maximum Gasteiger partial charge on any atom is 0.319 e. The number of hydrogen-bond acceptors (Lipinski definition) is 4. The van der Waals surface area contributed by atoms with Crippen LogP contribution in [0.25, 0.3) is 0 Å². The van der Waals surface area contributed by atoms with Crippen LogP contribution in [-0.4, -0.2) is 42.6 Å². The summed E-state index contributed by atoms with van der Waals surface area (Å²) >= 11 is 0. The summed E-state index contributed by atoms with van der Waals surface area (Å²) in [5, 5.41) is 14.1. The molecule has 2 aliphatic rings. The van der Waals surface area contributed by atoms with Gasteiger partial charge in [0, 0.05) is 30.6 Å². The lowest BCUT2D eigenvalue weighted by Crippen LogP contribution is -2.45. The fraction of sp³-hybridized carbons (Fsp3) is 0.286. The number of halogens is 2. The van der Waals surface area contributed by atoms with E-state index in [2.05, 4.69) is 10.6 Å². The molecule has 0 saturated carbocycles. The summed E-state index contributed by atoms with van der Waals surface area (Å²) in [4.78, 5) is 26.5. The van der Waals surface area contributed by atoms with Crippen LogP contribution in [0.4, 0.5) is 19.3 Å². The van der Waals surface area contributed by atoms with Crippen molar-refractivity contribution in [2.45, 2.75) is 18.4 Å². The highest BCUT2D eigenvalue weighted by Crippen LogP contribution is 2.36. The van der Waals surface area contributed by atoms with E-state index < -0.39 is 35.5 Å². The maximum atomic E-state index is 14.8. The van der Waals surface area contributed by atoms with Gasteiger partial charge in [-0.1, -0.05) is 0 Å². The number of fused-ring (bicyclic) bond motifs is 1. The monoisotopic (exact) mass is 412 g/mol. The van der Waals surface area contributed by atoms with Gasteiger partial charge in [-0.05, 0) is 41.5 Å². The second-order valence-electron chi connectivity index (χ2n) is 7.15. The number of likely N-dealkylation sites (tertiary alicyclic amines) is 1. The van der Waals surface area contributed by atoms with Crippen LogP contribution in [0.1, 0.15) is 17.0 Å². The van der Waals surface area contributed by atoms with Crippen LogP contribution < -0.4 is 15.4 Å². The highest BCUT2D eigenvalue weighted by molar-refractivity contribution is 5.95. The molecule has 0 bridgehead atoms.